The molecule has 2 rings (SSSR count). The Labute approximate surface area is 135 Å². The number of hydrogen-bond donors (Lipinski definition) is 2. The second-order valence-electron chi connectivity index (χ2n) is 6.43. The number of anilines is 1. The molecular weight excluding hydrogens is 333 g/mol. The van der Waals surface area contributed by atoms with E-state index in [2.05, 4.69) is 40.0 Å². The third kappa shape index (κ3) is 4.41. The monoisotopic (exact) mass is 357 g/mol. The van der Waals surface area contributed by atoms with E-state index < -0.39 is 0 Å². The van der Waals surface area contributed by atoms with Crippen LogP contribution in [0.25, 0.3) is 0 Å². The first-order chi connectivity index (χ1) is 9.94. The number of piperidine rings is 1. The van der Waals surface area contributed by atoms with Gasteiger partial charge in [-0.25, -0.2) is 4.39 Å². The summed E-state index contributed by atoms with van der Waals surface area (Å²) in [5.74, 6) is 0.450. The average Bonchev–Trinajstić information content (AvgIpc) is 2.45. The lowest BCUT2D eigenvalue weighted by Gasteiger charge is -2.43. The number of hydrogen-bond acceptors (Lipinski definition) is 3. The average molecular weight is 358 g/mol. The van der Waals surface area contributed by atoms with Crippen LogP contribution >= 0.6 is 15.9 Å². The Morgan fingerprint density at radius 1 is 1.38 bits per heavy atom. The topological polar surface area (TPSA) is 41.3 Å². The Balaban J connectivity index is 2.01. The summed E-state index contributed by atoms with van der Waals surface area (Å²) >= 11 is 3.23. The molecule has 1 fully saturated rings. The molecule has 0 bridgehead atoms. The summed E-state index contributed by atoms with van der Waals surface area (Å²) < 4.78 is 13.8. The molecule has 0 aliphatic carbocycles. The molecule has 1 heterocycles. The van der Waals surface area contributed by atoms with Crippen LogP contribution in [0.5, 0.6) is 0 Å². The van der Waals surface area contributed by atoms with Gasteiger partial charge in [0.2, 0.25) is 0 Å². The van der Waals surface area contributed by atoms with E-state index in [4.69, 9.17) is 5.73 Å². The highest BCUT2D eigenvalue weighted by atomic mass is 79.9. The van der Waals surface area contributed by atoms with Crippen molar-refractivity contribution in [3.63, 3.8) is 0 Å². The smallest absolute Gasteiger partial charge is 0.137 e. The molecule has 0 spiro atoms. The molecule has 1 aromatic rings. The molecule has 5 heteroatoms. The molecule has 1 saturated heterocycles. The summed E-state index contributed by atoms with van der Waals surface area (Å²) in [5.41, 5.74) is 6.88. The van der Waals surface area contributed by atoms with E-state index in [0.29, 0.717) is 16.9 Å². The Morgan fingerprint density at radius 2 is 2.05 bits per heavy atom. The number of halogens is 2. The van der Waals surface area contributed by atoms with Gasteiger partial charge in [0, 0.05) is 31.9 Å². The number of benzene rings is 1. The number of nitrogens with zero attached hydrogens (tertiary/aromatic N) is 1. The van der Waals surface area contributed by atoms with Crippen LogP contribution in [0.4, 0.5) is 10.1 Å². The van der Waals surface area contributed by atoms with Gasteiger partial charge in [-0.15, -0.1) is 0 Å². The molecule has 3 nitrogen and oxygen atoms in total. The summed E-state index contributed by atoms with van der Waals surface area (Å²) in [4.78, 5) is 2.50. The highest BCUT2D eigenvalue weighted by Gasteiger charge is 2.33. The van der Waals surface area contributed by atoms with Crippen LogP contribution in [-0.4, -0.2) is 36.6 Å². The number of rotatable bonds is 5. The van der Waals surface area contributed by atoms with Crippen molar-refractivity contribution >= 4 is 21.6 Å². The maximum absolute atomic E-state index is 13.3. The van der Waals surface area contributed by atoms with Gasteiger partial charge in [0.1, 0.15) is 5.82 Å². The van der Waals surface area contributed by atoms with E-state index in [1.54, 1.807) is 12.1 Å². The van der Waals surface area contributed by atoms with E-state index in [0.717, 1.165) is 38.2 Å². The molecule has 1 aliphatic heterocycles. The van der Waals surface area contributed by atoms with Crippen LogP contribution in [-0.2, 0) is 0 Å². The number of likely N-dealkylation sites (tertiary alicyclic amines) is 1. The first-order valence-corrected chi connectivity index (χ1v) is 8.39. The van der Waals surface area contributed by atoms with E-state index >= 15 is 0 Å². The minimum atomic E-state index is -0.242. The van der Waals surface area contributed by atoms with Crippen molar-refractivity contribution in [2.24, 2.45) is 11.7 Å². The van der Waals surface area contributed by atoms with Gasteiger partial charge in [0.25, 0.3) is 0 Å². The standard InChI is InChI=1S/C16H25BrFN3/c1-12(2)10-21-7-5-16(11-19,6-8-21)20-13-3-4-15(18)14(17)9-13/h3-4,9,12,20H,5-8,10-11,19H2,1-2H3. The van der Waals surface area contributed by atoms with Crippen molar-refractivity contribution in [1.29, 1.82) is 0 Å². The summed E-state index contributed by atoms with van der Waals surface area (Å²) in [6, 6.07) is 5.04. The van der Waals surface area contributed by atoms with Crippen LogP contribution in [0.2, 0.25) is 0 Å². The minimum absolute atomic E-state index is 0.0786. The van der Waals surface area contributed by atoms with Gasteiger partial charge >= 0.3 is 0 Å². The van der Waals surface area contributed by atoms with Crippen molar-refractivity contribution < 1.29 is 4.39 Å². The predicted octanol–water partition coefficient (Wildman–Crippen LogP) is 3.45. The zero-order valence-corrected chi connectivity index (χ0v) is 14.4. The summed E-state index contributed by atoms with van der Waals surface area (Å²) in [7, 11) is 0. The maximum atomic E-state index is 13.3. The van der Waals surface area contributed by atoms with E-state index in [1.165, 1.54) is 6.07 Å². The van der Waals surface area contributed by atoms with E-state index in [9.17, 15) is 4.39 Å². The van der Waals surface area contributed by atoms with Crippen molar-refractivity contribution in [2.45, 2.75) is 32.2 Å². The Morgan fingerprint density at radius 3 is 2.57 bits per heavy atom. The van der Waals surface area contributed by atoms with Gasteiger partial charge < -0.3 is 16.0 Å². The van der Waals surface area contributed by atoms with Crippen LogP contribution < -0.4 is 11.1 Å². The summed E-state index contributed by atoms with van der Waals surface area (Å²) in [5, 5.41) is 3.54. The maximum Gasteiger partial charge on any atom is 0.137 e. The lowest BCUT2D eigenvalue weighted by Crippen LogP contribution is -2.54. The van der Waals surface area contributed by atoms with E-state index in [1.807, 2.05) is 0 Å². The van der Waals surface area contributed by atoms with Gasteiger partial charge in [0.15, 0.2) is 0 Å². The van der Waals surface area contributed by atoms with Gasteiger partial charge in [0.05, 0.1) is 10.0 Å². The van der Waals surface area contributed by atoms with Crippen LogP contribution in [0.3, 0.4) is 0 Å². The molecule has 0 aromatic heterocycles. The molecule has 21 heavy (non-hydrogen) atoms. The largest absolute Gasteiger partial charge is 0.378 e. The first kappa shape index (κ1) is 16.7. The number of nitrogens with one attached hydrogen (secondary N) is 1. The summed E-state index contributed by atoms with van der Waals surface area (Å²) in [6.45, 7) is 8.36. The molecule has 0 amide bonds. The predicted molar refractivity (Wildman–Crippen MR) is 90.0 cm³/mol. The Hall–Kier alpha value is -0.650. The van der Waals surface area contributed by atoms with Crippen LogP contribution in [0.1, 0.15) is 26.7 Å². The second kappa shape index (κ2) is 7.07. The zero-order valence-electron chi connectivity index (χ0n) is 12.8. The highest BCUT2D eigenvalue weighted by molar-refractivity contribution is 9.10. The van der Waals surface area contributed by atoms with Gasteiger partial charge in [-0.05, 0) is 52.9 Å². The molecular formula is C16H25BrFN3. The van der Waals surface area contributed by atoms with Crippen molar-refractivity contribution in [1.82, 2.24) is 4.90 Å². The normalized spacial score (nSPS) is 19.0. The van der Waals surface area contributed by atoms with Crippen LogP contribution in [0, 0.1) is 11.7 Å². The Kier molecular flexibility index (Phi) is 5.63. The molecule has 0 saturated carbocycles. The highest BCUT2D eigenvalue weighted by Crippen LogP contribution is 2.28. The van der Waals surface area contributed by atoms with Crippen molar-refractivity contribution in [3.05, 3.63) is 28.5 Å². The molecule has 0 atom stereocenters. The fourth-order valence-corrected chi connectivity index (χ4v) is 3.32. The van der Waals surface area contributed by atoms with Crippen molar-refractivity contribution in [2.75, 3.05) is 31.5 Å². The first-order valence-electron chi connectivity index (χ1n) is 7.60. The molecule has 3 N–H and O–H groups in total. The van der Waals surface area contributed by atoms with E-state index in [-0.39, 0.29) is 11.4 Å². The SMILES string of the molecule is CC(C)CN1CCC(CN)(Nc2ccc(F)c(Br)c2)CC1. The van der Waals surface area contributed by atoms with Crippen LogP contribution in [0.15, 0.2) is 22.7 Å². The fraction of sp³-hybridized carbons (Fsp3) is 0.625. The quantitative estimate of drug-likeness (QED) is 0.847. The molecule has 1 aliphatic rings. The van der Waals surface area contributed by atoms with Gasteiger partial charge in [-0.2, -0.15) is 0 Å². The lowest BCUT2D eigenvalue weighted by atomic mass is 9.87. The molecule has 1 aromatic carbocycles. The Bertz CT molecular complexity index is 471. The second-order valence-corrected chi connectivity index (χ2v) is 7.29. The minimum Gasteiger partial charge on any atom is -0.378 e. The molecule has 118 valence electrons. The van der Waals surface area contributed by atoms with Gasteiger partial charge in [-0.3, -0.25) is 0 Å². The third-order valence-electron chi connectivity index (χ3n) is 4.16. The zero-order chi connectivity index (χ0) is 15.5. The summed E-state index contributed by atoms with van der Waals surface area (Å²) in [6.07, 6.45) is 2.04. The fourth-order valence-electron chi connectivity index (χ4n) is 2.94. The number of nitrogens with two attached hydrogens (primary N) is 1. The van der Waals surface area contributed by atoms with Crippen molar-refractivity contribution in [3.8, 4) is 0 Å². The van der Waals surface area contributed by atoms with Gasteiger partial charge in [-0.1, -0.05) is 13.8 Å². The third-order valence-corrected chi connectivity index (χ3v) is 4.76. The molecule has 0 unspecified atom stereocenters. The lowest BCUT2D eigenvalue weighted by molar-refractivity contribution is 0.161. The molecule has 0 radical (unpaired) electrons.